The second-order valence-electron chi connectivity index (χ2n) is 0.316. The van der Waals surface area contributed by atoms with Crippen LogP contribution in [0.4, 0.5) is 0 Å². The molecule has 0 aliphatic carbocycles. The zero-order chi connectivity index (χ0) is 8.12. The Bertz CT molecular complexity index is 49.7. The van der Waals surface area contributed by atoms with E-state index in [0.29, 0.717) is 0 Å². The van der Waals surface area contributed by atoms with Gasteiger partial charge in [0.15, 0.2) is 0 Å². The third-order valence-corrected chi connectivity index (χ3v) is 0. The molecule has 3 N–H and O–H groups in total. The van der Waals surface area contributed by atoms with Crippen LogP contribution in [0.2, 0.25) is 0 Å². The topological polar surface area (TPSA) is 112 Å². The molecule has 0 saturated carbocycles. The normalized spacial score (nSPS) is 3.60. The Morgan fingerprint density at radius 1 is 0.700 bits per heavy atom. The SMILES string of the molecule is O=CO.O=CO.O=CO.[Pr]. The van der Waals surface area contributed by atoms with Crippen LogP contribution in [0, 0.1) is 41.3 Å². The molecule has 0 aromatic heterocycles. The monoisotopic (exact) mass is 279 g/mol. The maximum absolute atomic E-state index is 8.36. The van der Waals surface area contributed by atoms with Crippen LogP contribution in [-0.4, -0.2) is 34.7 Å². The fourth-order valence-corrected chi connectivity index (χ4v) is 0. The Labute approximate surface area is 89.8 Å². The zero-order valence-corrected chi connectivity index (χ0v) is 8.58. The van der Waals surface area contributed by atoms with Gasteiger partial charge in [0.25, 0.3) is 19.4 Å². The number of hydrogen-bond donors (Lipinski definition) is 3. The minimum Gasteiger partial charge on any atom is -0.483 e. The van der Waals surface area contributed by atoms with E-state index in [2.05, 4.69) is 0 Å². The zero-order valence-electron chi connectivity index (χ0n) is 4.88. The van der Waals surface area contributed by atoms with E-state index < -0.39 is 0 Å². The summed E-state index contributed by atoms with van der Waals surface area (Å²) in [4.78, 5) is 25.1. The molecule has 0 aliphatic heterocycles. The number of carbonyl (C=O) groups is 3. The fourth-order valence-electron chi connectivity index (χ4n) is 0. The third-order valence-electron chi connectivity index (χ3n) is 0. The van der Waals surface area contributed by atoms with Crippen LogP contribution in [0.5, 0.6) is 0 Å². The van der Waals surface area contributed by atoms with Gasteiger partial charge in [0.05, 0.1) is 0 Å². The largest absolute Gasteiger partial charge is 0.483 e. The molecule has 0 bridgehead atoms. The predicted octanol–water partition coefficient (Wildman–Crippen LogP) is -0.898. The molecular formula is C3H6O6Pr. The van der Waals surface area contributed by atoms with Gasteiger partial charge in [-0.2, -0.15) is 0 Å². The molecule has 57 valence electrons. The van der Waals surface area contributed by atoms with Gasteiger partial charge in [-0.1, -0.05) is 0 Å². The van der Waals surface area contributed by atoms with Gasteiger partial charge in [-0.25, -0.2) is 0 Å². The Morgan fingerprint density at radius 2 is 0.700 bits per heavy atom. The van der Waals surface area contributed by atoms with Crippen LogP contribution < -0.4 is 0 Å². The summed E-state index contributed by atoms with van der Waals surface area (Å²) >= 11 is 0. The summed E-state index contributed by atoms with van der Waals surface area (Å²) in [5.74, 6) is 0. The molecular weight excluding hydrogens is 273 g/mol. The average Bonchev–Trinajstić information content (AvgIpc) is 1.70. The smallest absolute Gasteiger partial charge is 0.290 e. The molecule has 0 aliphatic rings. The molecule has 1 radical (unpaired) electrons. The third kappa shape index (κ3) is 6960. The van der Waals surface area contributed by atoms with Crippen LogP contribution >= 0.6 is 0 Å². The second kappa shape index (κ2) is 68.9. The van der Waals surface area contributed by atoms with Crippen LogP contribution in [0.3, 0.4) is 0 Å². The molecule has 0 atom stereocenters. The molecule has 0 saturated heterocycles. The van der Waals surface area contributed by atoms with Gasteiger partial charge in [0.2, 0.25) is 0 Å². The summed E-state index contributed by atoms with van der Waals surface area (Å²) in [5, 5.41) is 20.7. The van der Waals surface area contributed by atoms with Crippen LogP contribution in [0.15, 0.2) is 0 Å². The second-order valence-corrected chi connectivity index (χ2v) is 0.316. The van der Waals surface area contributed by atoms with Gasteiger partial charge in [0.1, 0.15) is 0 Å². The Morgan fingerprint density at radius 3 is 0.700 bits per heavy atom. The Kier molecular flexibility index (Phi) is 156. The molecule has 0 aromatic carbocycles. The van der Waals surface area contributed by atoms with Gasteiger partial charge in [-0.05, 0) is 0 Å². The average molecular weight is 279 g/mol. The van der Waals surface area contributed by atoms with Gasteiger partial charge in [-0.3, -0.25) is 14.4 Å². The summed E-state index contributed by atoms with van der Waals surface area (Å²) < 4.78 is 0. The first kappa shape index (κ1) is 22.6. The van der Waals surface area contributed by atoms with Crippen molar-refractivity contribution in [3.05, 3.63) is 0 Å². The first-order chi connectivity index (χ1) is 4.24. The molecule has 7 heteroatoms. The number of hydrogen-bond acceptors (Lipinski definition) is 3. The maximum atomic E-state index is 8.36. The van der Waals surface area contributed by atoms with Gasteiger partial charge in [0, 0.05) is 41.3 Å². The molecule has 0 spiro atoms. The molecule has 0 unspecified atom stereocenters. The van der Waals surface area contributed by atoms with E-state index in [0.717, 1.165) is 0 Å². The molecule has 0 amide bonds. The molecule has 0 heterocycles. The standard InChI is InChI=1S/3CH2O2.Pr/c3*2-1-3;/h3*1H,(H,2,3);. The Balaban J connectivity index is -0.0000000257. The van der Waals surface area contributed by atoms with E-state index in [4.69, 9.17) is 29.7 Å². The van der Waals surface area contributed by atoms with Crippen molar-refractivity contribution in [1.82, 2.24) is 0 Å². The van der Waals surface area contributed by atoms with Crippen molar-refractivity contribution in [3.8, 4) is 0 Å². The summed E-state index contributed by atoms with van der Waals surface area (Å²) in [6.07, 6.45) is 0. The van der Waals surface area contributed by atoms with Gasteiger partial charge >= 0.3 is 0 Å². The van der Waals surface area contributed by atoms with E-state index in [9.17, 15) is 0 Å². The van der Waals surface area contributed by atoms with Crippen molar-refractivity contribution >= 4 is 19.4 Å². The molecule has 6 nitrogen and oxygen atoms in total. The van der Waals surface area contributed by atoms with E-state index in [-0.39, 0.29) is 60.7 Å². The first-order valence-electron chi connectivity index (χ1n) is 1.48. The summed E-state index contributed by atoms with van der Waals surface area (Å²) in [5.41, 5.74) is 0. The quantitative estimate of drug-likeness (QED) is 0.495. The molecule has 10 heavy (non-hydrogen) atoms. The van der Waals surface area contributed by atoms with Gasteiger partial charge in [-0.15, -0.1) is 0 Å². The molecule has 0 fully saturated rings. The van der Waals surface area contributed by atoms with Crippen molar-refractivity contribution in [1.29, 1.82) is 0 Å². The van der Waals surface area contributed by atoms with Crippen molar-refractivity contribution in [2.75, 3.05) is 0 Å². The minimum absolute atomic E-state index is 0. The maximum Gasteiger partial charge on any atom is 0.290 e. The van der Waals surface area contributed by atoms with E-state index in [1.807, 2.05) is 0 Å². The minimum atomic E-state index is -0.250. The van der Waals surface area contributed by atoms with Crippen LogP contribution in [-0.2, 0) is 14.4 Å². The Hall–Kier alpha value is -0.226. The predicted molar refractivity (Wildman–Crippen MR) is 26.1 cm³/mol. The van der Waals surface area contributed by atoms with Crippen molar-refractivity contribution in [2.45, 2.75) is 0 Å². The van der Waals surface area contributed by atoms with Crippen molar-refractivity contribution in [3.63, 3.8) is 0 Å². The fraction of sp³-hybridized carbons (Fsp3) is 0. The van der Waals surface area contributed by atoms with Crippen LogP contribution in [0.1, 0.15) is 0 Å². The van der Waals surface area contributed by atoms with E-state index in [1.165, 1.54) is 0 Å². The van der Waals surface area contributed by atoms with E-state index in [1.54, 1.807) is 0 Å². The first-order valence-corrected chi connectivity index (χ1v) is 1.48. The van der Waals surface area contributed by atoms with Crippen molar-refractivity contribution in [2.24, 2.45) is 0 Å². The molecule has 0 aromatic rings. The van der Waals surface area contributed by atoms with Gasteiger partial charge < -0.3 is 15.3 Å². The summed E-state index contributed by atoms with van der Waals surface area (Å²) in [6.45, 7) is -0.750. The number of rotatable bonds is 0. The van der Waals surface area contributed by atoms with Crippen LogP contribution in [0.25, 0.3) is 0 Å². The number of carboxylic acid groups (broad SMARTS) is 3. The van der Waals surface area contributed by atoms with Crippen molar-refractivity contribution < 1.29 is 71.0 Å². The summed E-state index contributed by atoms with van der Waals surface area (Å²) in [6, 6.07) is 0. The summed E-state index contributed by atoms with van der Waals surface area (Å²) in [7, 11) is 0. The molecule has 0 rings (SSSR count). The van der Waals surface area contributed by atoms with E-state index >= 15 is 0 Å².